The lowest BCUT2D eigenvalue weighted by Gasteiger charge is -2.05. The Morgan fingerprint density at radius 1 is 1.64 bits per heavy atom. The van der Waals surface area contributed by atoms with Crippen molar-refractivity contribution in [2.45, 2.75) is 19.8 Å². The van der Waals surface area contributed by atoms with Crippen molar-refractivity contribution in [1.82, 2.24) is 10.3 Å². The van der Waals surface area contributed by atoms with E-state index in [0.29, 0.717) is 17.8 Å². The molecule has 0 aliphatic rings. The fraction of sp³-hybridized carbons (Fsp3) is 0.400. The molecule has 0 bridgehead atoms. The van der Waals surface area contributed by atoms with Crippen molar-refractivity contribution in [1.29, 1.82) is 0 Å². The second-order valence-corrected chi connectivity index (χ2v) is 3.07. The van der Waals surface area contributed by atoms with Gasteiger partial charge in [0.15, 0.2) is 0 Å². The molecule has 4 nitrogen and oxygen atoms in total. The van der Waals surface area contributed by atoms with Gasteiger partial charge in [-0.15, -0.1) is 0 Å². The molecule has 0 aliphatic carbocycles. The molecule has 0 aromatic carbocycles. The Hall–Kier alpha value is -1.58. The zero-order chi connectivity index (χ0) is 10.4. The molecule has 0 spiro atoms. The maximum Gasteiger partial charge on any atom is 0.253 e. The molecular weight excluding hydrogens is 178 g/mol. The van der Waals surface area contributed by atoms with Crippen molar-refractivity contribution >= 4 is 11.6 Å². The quantitative estimate of drug-likeness (QED) is 0.706. The van der Waals surface area contributed by atoms with Crippen molar-refractivity contribution in [2.24, 2.45) is 0 Å². The first-order valence-corrected chi connectivity index (χ1v) is 4.73. The lowest BCUT2D eigenvalue weighted by Crippen LogP contribution is -2.25. The SMILES string of the molecule is CCCCNC(=O)c1ccncc1N. The number of anilines is 1. The third-order valence-corrected chi connectivity index (χ3v) is 1.91. The van der Waals surface area contributed by atoms with E-state index in [2.05, 4.69) is 17.2 Å². The Morgan fingerprint density at radius 3 is 3.07 bits per heavy atom. The van der Waals surface area contributed by atoms with Gasteiger partial charge in [0.25, 0.3) is 5.91 Å². The lowest BCUT2D eigenvalue weighted by molar-refractivity contribution is 0.0954. The number of carbonyl (C=O) groups is 1. The minimum absolute atomic E-state index is 0.127. The molecule has 1 aromatic rings. The van der Waals surface area contributed by atoms with Gasteiger partial charge in [0.2, 0.25) is 0 Å². The Morgan fingerprint density at radius 2 is 2.43 bits per heavy atom. The molecule has 1 aromatic heterocycles. The van der Waals surface area contributed by atoms with E-state index in [-0.39, 0.29) is 5.91 Å². The highest BCUT2D eigenvalue weighted by atomic mass is 16.1. The number of nitrogens with one attached hydrogen (secondary N) is 1. The van der Waals surface area contributed by atoms with Gasteiger partial charge in [-0.3, -0.25) is 9.78 Å². The van der Waals surface area contributed by atoms with Gasteiger partial charge < -0.3 is 11.1 Å². The summed E-state index contributed by atoms with van der Waals surface area (Å²) >= 11 is 0. The highest BCUT2D eigenvalue weighted by Crippen LogP contribution is 2.07. The van der Waals surface area contributed by atoms with Crippen molar-refractivity contribution in [3.63, 3.8) is 0 Å². The summed E-state index contributed by atoms with van der Waals surface area (Å²) in [6.45, 7) is 2.77. The molecule has 0 aliphatic heterocycles. The Kier molecular flexibility index (Phi) is 3.91. The van der Waals surface area contributed by atoms with Crippen LogP contribution >= 0.6 is 0 Å². The molecule has 3 N–H and O–H groups in total. The van der Waals surface area contributed by atoms with E-state index in [4.69, 9.17) is 5.73 Å². The summed E-state index contributed by atoms with van der Waals surface area (Å²) in [5.41, 5.74) is 6.52. The van der Waals surface area contributed by atoms with Crippen LogP contribution in [-0.2, 0) is 0 Å². The molecule has 0 saturated heterocycles. The van der Waals surface area contributed by atoms with Crippen LogP contribution in [0.15, 0.2) is 18.5 Å². The second kappa shape index (κ2) is 5.21. The first-order chi connectivity index (χ1) is 6.75. The molecule has 4 heteroatoms. The van der Waals surface area contributed by atoms with E-state index < -0.39 is 0 Å². The number of nitrogens with two attached hydrogens (primary N) is 1. The number of hydrogen-bond acceptors (Lipinski definition) is 3. The van der Waals surface area contributed by atoms with Crippen LogP contribution in [0.1, 0.15) is 30.1 Å². The van der Waals surface area contributed by atoms with Crippen LogP contribution < -0.4 is 11.1 Å². The van der Waals surface area contributed by atoms with Gasteiger partial charge in [0.05, 0.1) is 17.4 Å². The topological polar surface area (TPSA) is 68.0 Å². The van der Waals surface area contributed by atoms with Crippen LogP contribution in [-0.4, -0.2) is 17.4 Å². The normalized spacial score (nSPS) is 9.79. The first kappa shape index (κ1) is 10.5. The van der Waals surface area contributed by atoms with Crippen molar-refractivity contribution in [3.8, 4) is 0 Å². The minimum Gasteiger partial charge on any atom is -0.397 e. The zero-order valence-electron chi connectivity index (χ0n) is 8.29. The molecule has 0 fully saturated rings. The van der Waals surface area contributed by atoms with E-state index >= 15 is 0 Å². The second-order valence-electron chi connectivity index (χ2n) is 3.07. The van der Waals surface area contributed by atoms with Gasteiger partial charge in [-0.2, -0.15) is 0 Å². The molecule has 0 atom stereocenters. The Bertz CT molecular complexity index is 312. The van der Waals surface area contributed by atoms with E-state index in [9.17, 15) is 4.79 Å². The molecule has 76 valence electrons. The van der Waals surface area contributed by atoms with Crippen LogP contribution in [0.2, 0.25) is 0 Å². The van der Waals surface area contributed by atoms with Crippen LogP contribution in [0.3, 0.4) is 0 Å². The standard InChI is InChI=1S/C10H15N3O/c1-2-3-5-13-10(14)8-4-6-12-7-9(8)11/h4,6-7H,2-3,5,11H2,1H3,(H,13,14). The highest BCUT2D eigenvalue weighted by molar-refractivity contribution is 5.98. The largest absolute Gasteiger partial charge is 0.397 e. The fourth-order valence-corrected chi connectivity index (χ4v) is 1.09. The molecular formula is C10H15N3O. The lowest BCUT2D eigenvalue weighted by atomic mass is 10.2. The maximum absolute atomic E-state index is 11.5. The van der Waals surface area contributed by atoms with E-state index in [1.54, 1.807) is 12.3 Å². The van der Waals surface area contributed by atoms with E-state index in [0.717, 1.165) is 12.8 Å². The van der Waals surface area contributed by atoms with Gasteiger partial charge in [-0.05, 0) is 12.5 Å². The summed E-state index contributed by atoms with van der Waals surface area (Å²) in [5.74, 6) is -0.127. The van der Waals surface area contributed by atoms with Crippen LogP contribution in [0.4, 0.5) is 5.69 Å². The maximum atomic E-state index is 11.5. The van der Waals surface area contributed by atoms with Gasteiger partial charge in [-0.1, -0.05) is 13.3 Å². The number of carbonyl (C=O) groups excluding carboxylic acids is 1. The van der Waals surface area contributed by atoms with E-state index in [1.807, 2.05) is 0 Å². The van der Waals surface area contributed by atoms with Gasteiger partial charge in [0.1, 0.15) is 0 Å². The Balaban J connectivity index is 2.56. The van der Waals surface area contributed by atoms with Crippen LogP contribution in [0.5, 0.6) is 0 Å². The fourth-order valence-electron chi connectivity index (χ4n) is 1.09. The average Bonchev–Trinajstić information content (AvgIpc) is 2.18. The zero-order valence-corrected chi connectivity index (χ0v) is 8.29. The molecule has 0 saturated carbocycles. The number of nitrogen functional groups attached to an aromatic ring is 1. The summed E-state index contributed by atoms with van der Waals surface area (Å²) in [6.07, 6.45) is 5.09. The molecule has 1 rings (SSSR count). The summed E-state index contributed by atoms with van der Waals surface area (Å²) in [5, 5.41) is 2.79. The van der Waals surface area contributed by atoms with E-state index in [1.165, 1.54) is 6.20 Å². The van der Waals surface area contributed by atoms with Crippen molar-refractivity contribution in [3.05, 3.63) is 24.0 Å². The number of aromatic nitrogens is 1. The summed E-state index contributed by atoms with van der Waals surface area (Å²) in [4.78, 5) is 15.3. The molecule has 0 unspecified atom stereocenters. The summed E-state index contributed by atoms with van der Waals surface area (Å²) in [6, 6.07) is 1.62. The molecule has 1 amide bonds. The minimum atomic E-state index is -0.127. The van der Waals surface area contributed by atoms with Crippen LogP contribution in [0, 0.1) is 0 Å². The summed E-state index contributed by atoms with van der Waals surface area (Å²) in [7, 11) is 0. The molecule has 14 heavy (non-hydrogen) atoms. The summed E-state index contributed by atoms with van der Waals surface area (Å²) < 4.78 is 0. The predicted molar refractivity (Wildman–Crippen MR) is 55.9 cm³/mol. The average molecular weight is 193 g/mol. The monoisotopic (exact) mass is 193 g/mol. The van der Waals surface area contributed by atoms with Gasteiger partial charge in [0, 0.05) is 12.7 Å². The number of amides is 1. The van der Waals surface area contributed by atoms with Crippen LogP contribution in [0.25, 0.3) is 0 Å². The number of rotatable bonds is 4. The third kappa shape index (κ3) is 2.73. The van der Waals surface area contributed by atoms with Crippen molar-refractivity contribution in [2.75, 3.05) is 12.3 Å². The number of pyridine rings is 1. The Labute approximate surface area is 83.5 Å². The predicted octanol–water partition coefficient (Wildman–Crippen LogP) is 1.19. The smallest absolute Gasteiger partial charge is 0.253 e. The molecule has 0 radical (unpaired) electrons. The first-order valence-electron chi connectivity index (χ1n) is 4.73. The number of unbranched alkanes of at least 4 members (excludes halogenated alkanes) is 1. The molecule has 1 heterocycles. The number of nitrogens with zero attached hydrogens (tertiary/aromatic N) is 1. The van der Waals surface area contributed by atoms with Gasteiger partial charge in [-0.25, -0.2) is 0 Å². The van der Waals surface area contributed by atoms with Crippen molar-refractivity contribution < 1.29 is 4.79 Å². The highest BCUT2D eigenvalue weighted by Gasteiger charge is 2.07. The number of hydrogen-bond donors (Lipinski definition) is 2. The van der Waals surface area contributed by atoms with Gasteiger partial charge >= 0.3 is 0 Å². The third-order valence-electron chi connectivity index (χ3n) is 1.91.